The van der Waals surface area contributed by atoms with Gasteiger partial charge in [0.1, 0.15) is 12.0 Å². The van der Waals surface area contributed by atoms with Crippen molar-refractivity contribution in [3.8, 4) is 12.1 Å². The predicted octanol–water partition coefficient (Wildman–Crippen LogP) is 4.50. The first-order chi connectivity index (χ1) is 10.8. The smallest absolute Gasteiger partial charge is 0.389 e. The highest BCUT2D eigenvalue weighted by atomic mass is 19.4. The Hall–Kier alpha value is -2.02. The van der Waals surface area contributed by atoms with Crippen LogP contribution >= 0.6 is 0 Å². The first kappa shape index (κ1) is 19.0. The van der Waals surface area contributed by atoms with Gasteiger partial charge in [0.25, 0.3) is 0 Å². The van der Waals surface area contributed by atoms with Gasteiger partial charge in [-0.25, -0.2) is 0 Å². The minimum atomic E-state index is -4.35. The lowest BCUT2D eigenvalue weighted by molar-refractivity contribution is -0.138. The Morgan fingerprint density at radius 2 is 1.83 bits per heavy atom. The molecule has 0 aromatic carbocycles. The second-order valence-electron chi connectivity index (χ2n) is 5.81. The molecule has 1 rings (SSSR count). The molecule has 23 heavy (non-hydrogen) atoms. The van der Waals surface area contributed by atoms with Gasteiger partial charge in [-0.05, 0) is 44.4 Å². The van der Waals surface area contributed by atoms with Crippen LogP contribution in [0.5, 0.6) is 0 Å². The average molecular weight is 327 g/mol. The Labute approximate surface area is 134 Å². The third kappa shape index (κ3) is 6.73. The topological polar surface area (TPSA) is 69.2 Å². The second kappa shape index (κ2) is 8.57. The molecule has 0 bridgehead atoms. The highest BCUT2D eigenvalue weighted by Crippen LogP contribution is 2.39. The summed E-state index contributed by atoms with van der Waals surface area (Å²) in [6.07, 6.45) is -1.41. The molecule has 4 nitrogen and oxygen atoms in total. The van der Waals surface area contributed by atoms with Gasteiger partial charge in [0.15, 0.2) is 0 Å². The van der Waals surface area contributed by atoms with Crippen LogP contribution in [0.4, 0.5) is 13.2 Å². The molecular weight excluding hydrogens is 307 g/mol. The highest BCUT2D eigenvalue weighted by Gasteiger charge is 2.39. The normalized spacial score (nSPS) is 18.7. The van der Waals surface area contributed by atoms with Crippen molar-refractivity contribution in [3.05, 3.63) is 12.7 Å². The Morgan fingerprint density at radius 1 is 1.22 bits per heavy atom. The lowest BCUT2D eigenvalue weighted by Gasteiger charge is -2.28. The van der Waals surface area contributed by atoms with Crippen molar-refractivity contribution in [3.63, 3.8) is 0 Å². The first-order valence-corrected chi connectivity index (χ1v) is 7.52. The molecule has 0 aromatic heterocycles. The summed E-state index contributed by atoms with van der Waals surface area (Å²) in [4.78, 5) is 5.02. The molecule has 0 aliphatic heterocycles. The maximum absolute atomic E-state index is 12.4. The molecule has 0 spiro atoms. The molecule has 0 heterocycles. The molecule has 7 heteroatoms. The van der Waals surface area contributed by atoms with E-state index in [1.54, 1.807) is 6.08 Å². The van der Waals surface area contributed by atoms with Crippen molar-refractivity contribution in [2.75, 3.05) is 6.61 Å². The molecule has 0 atom stereocenters. The summed E-state index contributed by atoms with van der Waals surface area (Å²) < 4.78 is 37.1. The summed E-state index contributed by atoms with van der Waals surface area (Å²) in [7, 11) is 0. The van der Waals surface area contributed by atoms with Crippen molar-refractivity contribution in [1.29, 1.82) is 10.5 Å². The molecule has 1 aliphatic carbocycles. The summed E-state index contributed by atoms with van der Waals surface area (Å²) in [5, 5.41) is 22.4. The Morgan fingerprint density at radius 3 is 2.30 bits per heavy atom. The van der Waals surface area contributed by atoms with Gasteiger partial charge in [-0.15, -0.1) is 0 Å². The van der Waals surface area contributed by atoms with E-state index >= 15 is 0 Å². The zero-order valence-corrected chi connectivity index (χ0v) is 12.9. The fourth-order valence-electron chi connectivity index (χ4n) is 2.67. The minimum absolute atomic E-state index is 0.0564. The first-order valence-electron chi connectivity index (χ1n) is 7.52. The molecule has 0 saturated heterocycles. The SMILES string of the molecule is C=CCON=C1CCC(CC(C#N)(C#N)CCC(F)(F)F)CC1. The van der Waals surface area contributed by atoms with E-state index < -0.39 is 24.4 Å². The van der Waals surface area contributed by atoms with Crippen molar-refractivity contribution >= 4 is 5.71 Å². The van der Waals surface area contributed by atoms with E-state index in [-0.39, 0.29) is 12.3 Å². The molecule has 0 unspecified atom stereocenters. The van der Waals surface area contributed by atoms with E-state index in [0.717, 1.165) is 5.71 Å². The van der Waals surface area contributed by atoms with Crippen molar-refractivity contribution in [2.24, 2.45) is 16.5 Å². The van der Waals surface area contributed by atoms with Crippen molar-refractivity contribution < 1.29 is 18.0 Å². The van der Waals surface area contributed by atoms with Gasteiger partial charge < -0.3 is 4.84 Å². The number of nitriles is 2. The van der Waals surface area contributed by atoms with Gasteiger partial charge in [-0.1, -0.05) is 17.8 Å². The van der Waals surface area contributed by atoms with E-state index in [2.05, 4.69) is 11.7 Å². The van der Waals surface area contributed by atoms with E-state index in [0.29, 0.717) is 32.3 Å². The van der Waals surface area contributed by atoms with E-state index in [9.17, 15) is 23.7 Å². The number of hydrogen-bond donors (Lipinski definition) is 0. The number of oxime groups is 1. The number of hydrogen-bond acceptors (Lipinski definition) is 4. The fraction of sp³-hybridized carbons (Fsp3) is 0.688. The van der Waals surface area contributed by atoms with Gasteiger partial charge in [0, 0.05) is 6.42 Å². The van der Waals surface area contributed by atoms with Crippen LogP contribution in [0.2, 0.25) is 0 Å². The van der Waals surface area contributed by atoms with E-state index in [4.69, 9.17) is 4.84 Å². The van der Waals surface area contributed by atoms with Gasteiger partial charge in [-0.3, -0.25) is 0 Å². The van der Waals surface area contributed by atoms with Crippen LogP contribution in [0.3, 0.4) is 0 Å². The second-order valence-corrected chi connectivity index (χ2v) is 5.81. The Bertz CT molecular complexity index is 490. The van der Waals surface area contributed by atoms with E-state index in [1.165, 1.54) is 0 Å². The maximum atomic E-state index is 12.4. The number of nitrogens with zero attached hydrogens (tertiary/aromatic N) is 3. The summed E-state index contributed by atoms with van der Waals surface area (Å²) in [6, 6.07) is 3.62. The van der Waals surface area contributed by atoms with Crippen molar-refractivity contribution in [1.82, 2.24) is 0 Å². The van der Waals surface area contributed by atoms with Gasteiger partial charge >= 0.3 is 6.18 Å². The van der Waals surface area contributed by atoms with Gasteiger partial charge in [0.2, 0.25) is 0 Å². The van der Waals surface area contributed by atoms with Crippen LogP contribution in [0.25, 0.3) is 0 Å². The molecular formula is C16H20F3N3O. The summed E-state index contributed by atoms with van der Waals surface area (Å²) in [5.74, 6) is 0.0564. The van der Waals surface area contributed by atoms with Crippen LogP contribution in [0.15, 0.2) is 17.8 Å². The molecule has 0 aromatic rings. The Kier molecular flexibility index (Phi) is 7.09. The van der Waals surface area contributed by atoms with Gasteiger partial charge in [0.05, 0.1) is 17.9 Å². The molecule has 0 N–H and O–H groups in total. The van der Waals surface area contributed by atoms with Crippen LogP contribution in [-0.2, 0) is 4.84 Å². The molecule has 0 radical (unpaired) electrons. The fourth-order valence-corrected chi connectivity index (χ4v) is 2.67. The number of alkyl halides is 3. The standard InChI is InChI=1S/C16H20F3N3O/c1-2-9-23-22-14-5-3-13(4-6-14)10-15(11-20,12-21)7-8-16(17,18)19/h2,13H,1,3-10H2. The number of rotatable bonds is 7. The molecule has 1 aliphatic rings. The largest absolute Gasteiger partial charge is 0.392 e. The van der Waals surface area contributed by atoms with Crippen LogP contribution in [0, 0.1) is 34.0 Å². The third-order valence-corrected chi connectivity index (χ3v) is 3.97. The third-order valence-electron chi connectivity index (χ3n) is 3.97. The molecule has 126 valence electrons. The lowest BCUT2D eigenvalue weighted by Crippen LogP contribution is -2.26. The summed E-state index contributed by atoms with van der Waals surface area (Å²) in [5.41, 5.74) is -0.660. The summed E-state index contributed by atoms with van der Waals surface area (Å²) >= 11 is 0. The molecule has 0 amide bonds. The van der Waals surface area contributed by atoms with Crippen molar-refractivity contribution in [2.45, 2.75) is 51.1 Å². The molecule has 1 saturated carbocycles. The van der Waals surface area contributed by atoms with E-state index in [1.807, 2.05) is 12.1 Å². The van der Waals surface area contributed by atoms with Crippen LogP contribution in [-0.4, -0.2) is 18.5 Å². The average Bonchev–Trinajstić information content (AvgIpc) is 2.52. The quantitative estimate of drug-likeness (QED) is 0.393. The lowest BCUT2D eigenvalue weighted by atomic mass is 9.73. The van der Waals surface area contributed by atoms with Crippen LogP contribution in [0.1, 0.15) is 44.9 Å². The molecule has 1 fully saturated rings. The maximum Gasteiger partial charge on any atom is 0.389 e. The van der Waals surface area contributed by atoms with Crippen LogP contribution < -0.4 is 0 Å². The monoisotopic (exact) mass is 327 g/mol. The Balaban J connectivity index is 2.56. The number of halogens is 3. The highest BCUT2D eigenvalue weighted by molar-refractivity contribution is 5.84. The predicted molar refractivity (Wildman–Crippen MR) is 79.1 cm³/mol. The summed E-state index contributed by atoms with van der Waals surface area (Å²) in [6.45, 7) is 3.84. The zero-order chi connectivity index (χ0) is 17.3. The minimum Gasteiger partial charge on any atom is -0.392 e. The van der Waals surface area contributed by atoms with Gasteiger partial charge in [-0.2, -0.15) is 23.7 Å². The zero-order valence-electron chi connectivity index (χ0n) is 12.9.